The van der Waals surface area contributed by atoms with Crippen LogP contribution in [0.3, 0.4) is 0 Å². The first-order chi connectivity index (χ1) is 11.1. The molecule has 1 saturated heterocycles. The largest absolute Gasteiger partial charge is 0.457 e. The Bertz CT molecular complexity index is 587. The summed E-state index contributed by atoms with van der Waals surface area (Å²) in [5.74, 6) is -0.985. The predicted molar refractivity (Wildman–Crippen MR) is 77.3 cm³/mol. The van der Waals surface area contributed by atoms with Gasteiger partial charge in [-0.25, -0.2) is 4.79 Å². The van der Waals surface area contributed by atoms with Crippen LogP contribution in [0.4, 0.5) is 0 Å². The number of hydrogen-bond donors (Lipinski definition) is 2. The second kappa shape index (κ2) is 7.96. The molecule has 0 amide bonds. The Kier molecular flexibility index (Phi) is 5.97. The van der Waals surface area contributed by atoms with Crippen molar-refractivity contribution in [1.29, 1.82) is 0 Å². The number of aliphatic hydroxyl groups is 2. The van der Waals surface area contributed by atoms with E-state index in [1.807, 2.05) is 6.07 Å². The van der Waals surface area contributed by atoms with Gasteiger partial charge in [0, 0.05) is 5.56 Å². The number of ether oxygens (including phenoxy) is 3. The van der Waals surface area contributed by atoms with Gasteiger partial charge in [0.05, 0.1) is 13.2 Å². The van der Waals surface area contributed by atoms with Gasteiger partial charge in [-0.1, -0.05) is 30.3 Å². The number of aliphatic hydroxyl groups excluding tert-OH is 2. The number of rotatable bonds is 5. The first-order valence-electron chi connectivity index (χ1n) is 7.15. The van der Waals surface area contributed by atoms with Crippen molar-refractivity contribution in [2.45, 2.75) is 31.5 Å². The molecule has 23 heavy (non-hydrogen) atoms. The molecule has 0 saturated carbocycles. The highest BCUT2D eigenvalue weighted by atomic mass is 16.7. The number of carbonyl (C=O) groups excluding carboxylic acids is 1. The van der Waals surface area contributed by atoms with E-state index in [1.165, 1.54) is 0 Å². The molecule has 1 fully saturated rings. The Morgan fingerprint density at radius 3 is 2.78 bits per heavy atom. The van der Waals surface area contributed by atoms with E-state index in [2.05, 4.69) is 4.79 Å². The number of esters is 1. The molecule has 0 aromatic heterocycles. The van der Waals surface area contributed by atoms with Crippen molar-refractivity contribution in [1.82, 2.24) is 0 Å². The maximum atomic E-state index is 11.7. The summed E-state index contributed by atoms with van der Waals surface area (Å²) >= 11 is 0. The van der Waals surface area contributed by atoms with Gasteiger partial charge in [0.15, 0.2) is 12.4 Å². The summed E-state index contributed by atoms with van der Waals surface area (Å²) in [6.45, 7) is 1.52. The van der Waals surface area contributed by atoms with Gasteiger partial charge >= 0.3 is 11.7 Å². The smallest absolute Gasteiger partial charge is 0.419 e. The lowest BCUT2D eigenvalue weighted by Gasteiger charge is -2.35. The van der Waals surface area contributed by atoms with Crippen LogP contribution in [0.15, 0.2) is 30.3 Å². The van der Waals surface area contributed by atoms with Crippen LogP contribution in [0.5, 0.6) is 0 Å². The molecule has 1 aliphatic heterocycles. The summed E-state index contributed by atoms with van der Waals surface area (Å²) in [7, 11) is 0. The highest BCUT2D eigenvalue weighted by Crippen LogP contribution is 2.28. The predicted octanol–water partition coefficient (Wildman–Crippen LogP) is 0.0563. The molecule has 1 aliphatic rings. The van der Waals surface area contributed by atoms with Crippen molar-refractivity contribution in [2.24, 2.45) is 0 Å². The van der Waals surface area contributed by atoms with Crippen molar-refractivity contribution in [3.8, 4) is 0 Å². The van der Waals surface area contributed by atoms with Crippen LogP contribution >= 0.6 is 0 Å². The van der Waals surface area contributed by atoms with Crippen molar-refractivity contribution in [2.75, 3.05) is 13.2 Å². The van der Waals surface area contributed by atoms with E-state index >= 15 is 0 Å². The molecule has 2 rings (SSSR count). The minimum Gasteiger partial charge on any atom is -0.457 e. The fourth-order valence-corrected chi connectivity index (χ4v) is 2.20. The third-order valence-corrected chi connectivity index (χ3v) is 3.33. The molecule has 0 radical (unpaired) electrons. The lowest BCUT2D eigenvalue weighted by molar-refractivity contribution is -0.271. The van der Waals surface area contributed by atoms with E-state index < -0.39 is 36.3 Å². The fourth-order valence-electron chi connectivity index (χ4n) is 2.20. The first-order valence-corrected chi connectivity index (χ1v) is 7.15. The molecular formula is C15H18N2O6. The van der Waals surface area contributed by atoms with Crippen LogP contribution in [-0.4, -0.2) is 58.2 Å². The van der Waals surface area contributed by atoms with Gasteiger partial charge in [0.2, 0.25) is 0 Å². The number of nitrogens with zero attached hydrogens (tertiary/aromatic N) is 2. The van der Waals surface area contributed by atoms with E-state index in [4.69, 9.17) is 19.7 Å². The average molecular weight is 322 g/mol. The highest BCUT2D eigenvalue weighted by Gasteiger charge is 2.45. The molecule has 8 heteroatoms. The van der Waals surface area contributed by atoms with Crippen LogP contribution in [0.1, 0.15) is 18.8 Å². The summed E-state index contributed by atoms with van der Waals surface area (Å²) in [5, 5.41) is 20.2. The molecule has 8 nitrogen and oxygen atoms in total. The minimum absolute atomic E-state index is 0.0500. The molecule has 0 spiro atoms. The van der Waals surface area contributed by atoms with E-state index in [0.717, 1.165) is 0 Å². The zero-order valence-corrected chi connectivity index (χ0v) is 12.5. The topological polar surface area (TPSA) is 122 Å². The Morgan fingerprint density at radius 1 is 1.48 bits per heavy atom. The summed E-state index contributed by atoms with van der Waals surface area (Å²) in [6, 6.07) is 8.93. The second-order valence-electron chi connectivity index (χ2n) is 4.89. The van der Waals surface area contributed by atoms with Gasteiger partial charge in [-0.15, -0.1) is 0 Å². The maximum Gasteiger partial charge on any atom is 0.419 e. The monoisotopic (exact) mass is 322 g/mol. The standard InChI is InChI=1S/C15H18N2O6/c1-2-21-14(20)11(17-16)12(19)13-10(18)8-22-15(23-13)9-6-4-3-5-7-9/h3-7,10,12-13,15,18-19H,2,8H2,1H3/t10-,12+,13+,15+/m1/s1. The third-order valence-electron chi connectivity index (χ3n) is 3.33. The highest BCUT2D eigenvalue weighted by molar-refractivity contribution is 6.35. The summed E-state index contributed by atoms with van der Waals surface area (Å²) < 4.78 is 15.6. The zero-order chi connectivity index (χ0) is 16.8. The van der Waals surface area contributed by atoms with Gasteiger partial charge in [-0.3, -0.25) is 0 Å². The van der Waals surface area contributed by atoms with Crippen LogP contribution in [0.2, 0.25) is 0 Å². The van der Waals surface area contributed by atoms with Crippen LogP contribution in [0.25, 0.3) is 5.53 Å². The van der Waals surface area contributed by atoms with E-state index in [0.29, 0.717) is 5.56 Å². The third kappa shape index (κ3) is 4.01. The lowest BCUT2D eigenvalue weighted by atomic mass is 10.0. The van der Waals surface area contributed by atoms with Crippen LogP contribution in [-0.2, 0) is 19.0 Å². The second-order valence-corrected chi connectivity index (χ2v) is 4.89. The summed E-state index contributed by atoms with van der Waals surface area (Å²) in [6.07, 6.45) is -4.88. The normalized spacial score (nSPS) is 25.3. The Morgan fingerprint density at radius 2 is 2.17 bits per heavy atom. The Labute approximate surface area is 132 Å². The summed E-state index contributed by atoms with van der Waals surface area (Å²) in [4.78, 5) is 14.4. The van der Waals surface area contributed by atoms with Gasteiger partial charge in [-0.2, -0.15) is 4.79 Å². The number of benzene rings is 1. The van der Waals surface area contributed by atoms with Gasteiger partial charge in [-0.05, 0) is 6.92 Å². The molecule has 1 heterocycles. The molecular weight excluding hydrogens is 304 g/mol. The van der Waals surface area contributed by atoms with E-state index in [9.17, 15) is 15.0 Å². The van der Waals surface area contributed by atoms with Crippen molar-refractivity contribution in [3.05, 3.63) is 41.4 Å². The summed E-state index contributed by atoms with van der Waals surface area (Å²) in [5.41, 5.74) is 9.01. The van der Waals surface area contributed by atoms with Crippen molar-refractivity contribution < 1.29 is 34.0 Å². The van der Waals surface area contributed by atoms with Crippen LogP contribution < -0.4 is 0 Å². The molecule has 0 bridgehead atoms. The van der Waals surface area contributed by atoms with Crippen molar-refractivity contribution in [3.63, 3.8) is 0 Å². The zero-order valence-electron chi connectivity index (χ0n) is 12.5. The van der Waals surface area contributed by atoms with Gasteiger partial charge in [0.1, 0.15) is 12.2 Å². The Balaban J connectivity index is 2.16. The van der Waals surface area contributed by atoms with Crippen molar-refractivity contribution >= 4 is 11.7 Å². The molecule has 0 aliphatic carbocycles. The van der Waals surface area contributed by atoms with Gasteiger partial charge < -0.3 is 30.0 Å². The lowest BCUT2D eigenvalue weighted by Crippen LogP contribution is -2.52. The molecule has 0 unspecified atom stereocenters. The Hall–Kier alpha value is -2.09. The average Bonchev–Trinajstić information content (AvgIpc) is 2.57. The SMILES string of the molecule is CCOC(=O)C(=[N+]=[N-])[C@H](O)[C@H]1O[C@@H](c2ccccc2)OC[C@H]1O. The van der Waals surface area contributed by atoms with E-state index in [-0.39, 0.29) is 13.2 Å². The molecule has 2 N–H and O–H groups in total. The molecule has 4 atom stereocenters. The first kappa shape index (κ1) is 17.3. The molecule has 1 aromatic rings. The maximum absolute atomic E-state index is 11.7. The van der Waals surface area contributed by atoms with Gasteiger partial charge in [0.25, 0.3) is 0 Å². The number of carbonyl (C=O) groups is 1. The number of hydrogen-bond acceptors (Lipinski definition) is 6. The fraction of sp³-hybridized carbons (Fsp3) is 0.467. The quantitative estimate of drug-likeness (QED) is 0.342. The minimum atomic E-state index is -1.66. The van der Waals surface area contributed by atoms with Crippen LogP contribution in [0, 0.1) is 0 Å². The van der Waals surface area contributed by atoms with E-state index in [1.54, 1.807) is 31.2 Å². The molecule has 1 aromatic carbocycles. The molecule has 124 valence electrons.